The van der Waals surface area contributed by atoms with Crippen LogP contribution in [0.5, 0.6) is 0 Å². The lowest BCUT2D eigenvalue weighted by Crippen LogP contribution is -2.25. The molecule has 0 saturated carbocycles. The minimum absolute atomic E-state index is 0.0614. The van der Waals surface area contributed by atoms with Gasteiger partial charge in [-0.05, 0) is 19.0 Å². The van der Waals surface area contributed by atoms with E-state index in [2.05, 4.69) is 15.3 Å². The van der Waals surface area contributed by atoms with Gasteiger partial charge in [0, 0.05) is 18.9 Å². The van der Waals surface area contributed by atoms with Gasteiger partial charge in [0.05, 0.1) is 5.25 Å². The monoisotopic (exact) mass is 213 g/mol. The summed E-state index contributed by atoms with van der Waals surface area (Å²) in [6, 6.07) is 1.60. The van der Waals surface area contributed by atoms with E-state index < -0.39 is 9.84 Å². The van der Waals surface area contributed by atoms with Gasteiger partial charge in [-0.3, -0.25) is 0 Å². The van der Waals surface area contributed by atoms with Crippen molar-refractivity contribution < 1.29 is 8.42 Å². The van der Waals surface area contributed by atoms with Gasteiger partial charge in [-0.15, -0.1) is 0 Å². The SMILES string of the molecule is O=S(=O)(c1ncccn1)[C@@H]1CCNC1. The highest BCUT2D eigenvalue weighted by Crippen LogP contribution is 2.15. The van der Waals surface area contributed by atoms with E-state index in [0.29, 0.717) is 13.0 Å². The second-order valence-corrected chi connectivity index (χ2v) is 5.31. The average molecular weight is 213 g/mol. The zero-order chi connectivity index (χ0) is 10.0. The first-order valence-corrected chi connectivity index (χ1v) is 5.97. The lowest BCUT2D eigenvalue weighted by atomic mass is 10.4. The van der Waals surface area contributed by atoms with Crippen LogP contribution in [0.1, 0.15) is 6.42 Å². The first-order valence-electron chi connectivity index (χ1n) is 4.43. The van der Waals surface area contributed by atoms with Crippen LogP contribution < -0.4 is 5.32 Å². The first kappa shape index (κ1) is 9.54. The van der Waals surface area contributed by atoms with E-state index in [4.69, 9.17) is 0 Å². The van der Waals surface area contributed by atoms with Crippen molar-refractivity contribution in [3.05, 3.63) is 18.5 Å². The molecule has 2 heterocycles. The van der Waals surface area contributed by atoms with Gasteiger partial charge in [0.15, 0.2) is 0 Å². The van der Waals surface area contributed by atoms with E-state index in [0.717, 1.165) is 6.54 Å². The molecule has 0 radical (unpaired) electrons. The molecule has 1 N–H and O–H groups in total. The molecule has 2 rings (SSSR count). The van der Waals surface area contributed by atoms with Crippen molar-refractivity contribution in [1.82, 2.24) is 15.3 Å². The Kier molecular flexibility index (Phi) is 2.47. The minimum Gasteiger partial charge on any atom is -0.315 e. The van der Waals surface area contributed by atoms with Gasteiger partial charge in [0.25, 0.3) is 0 Å². The molecule has 0 aliphatic carbocycles. The molecule has 1 aliphatic rings. The summed E-state index contributed by atoms with van der Waals surface area (Å²) in [5, 5.41) is 2.58. The molecule has 14 heavy (non-hydrogen) atoms. The Morgan fingerprint density at radius 1 is 1.36 bits per heavy atom. The highest BCUT2D eigenvalue weighted by molar-refractivity contribution is 7.91. The van der Waals surface area contributed by atoms with Crippen molar-refractivity contribution in [3.8, 4) is 0 Å². The predicted molar refractivity (Wildman–Crippen MR) is 50.5 cm³/mol. The van der Waals surface area contributed by atoms with E-state index in [-0.39, 0.29) is 10.4 Å². The third kappa shape index (κ3) is 1.62. The smallest absolute Gasteiger partial charge is 0.247 e. The molecule has 1 aliphatic heterocycles. The van der Waals surface area contributed by atoms with Crippen LogP contribution in [0.3, 0.4) is 0 Å². The van der Waals surface area contributed by atoms with Gasteiger partial charge in [-0.2, -0.15) is 0 Å². The number of nitrogens with one attached hydrogen (secondary N) is 1. The molecule has 6 heteroatoms. The molecule has 0 spiro atoms. The van der Waals surface area contributed by atoms with Crippen molar-refractivity contribution in [2.75, 3.05) is 13.1 Å². The maximum atomic E-state index is 11.9. The van der Waals surface area contributed by atoms with Gasteiger partial charge in [0.2, 0.25) is 15.0 Å². The molecule has 0 unspecified atom stereocenters. The van der Waals surface area contributed by atoms with Gasteiger partial charge in [0.1, 0.15) is 0 Å². The summed E-state index contributed by atoms with van der Waals surface area (Å²) in [5.41, 5.74) is 0. The molecule has 0 amide bonds. The second kappa shape index (κ2) is 3.62. The van der Waals surface area contributed by atoms with E-state index in [1.165, 1.54) is 12.4 Å². The largest absolute Gasteiger partial charge is 0.315 e. The highest BCUT2D eigenvalue weighted by atomic mass is 32.2. The predicted octanol–water partition coefficient (Wildman–Crippen LogP) is -0.388. The van der Waals surface area contributed by atoms with Crippen molar-refractivity contribution in [3.63, 3.8) is 0 Å². The molecule has 0 aromatic carbocycles. The molecule has 76 valence electrons. The third-order valence-corrected chi connectivity index (χ3v) is 4.25. The van der Waals surface area contributed by atoms with Gasteiger partial charge < -0.3 is 5.32 Å². The quantitative estimate of drug-likeness (QED) is 0.677. The van der Waals surface area contributed by atoms with Crippen molar-refractivity contribution in [2.24, 2.45) is 0 Å². The van der Waals surface area contributed by atoms with E-state index >= 15 is 0 Å². The van der Waals surface area contributed by atoms with E-state index in [9.17, 15) is 8.42 Å². The molecule has 0 bridgehead atoms. The van der Waals surface area contributed by atoms with Crippen LogP contribution >= 0.6 is 0 Å². The Morgan fingerprint density at radius 3 is 2.64 bits per heavy atom. The average Bonchev–Trinajstić information content (AvgIpc) is 2.72. The summed E-state index contributed by atoms with van der Waals surface area (Å²) >= 11 is 0. The van der Waals surface area contributed by atoms with Gasteiger partial charge in [-0.1, -0.05) is 0 Å². The zero-order valence-electron chi connectivity index (χ0n) is 7.55. The standard InChI is InChI=1S/C8H11N3O2S/c12-14(13,7-2-5-9-6-7)8-10-3-1-4-11-8/h1,3-4,7,9H,2,5-6H2/t7-/m1/s1. The summed E-state index contributed by atoms with van der Waals surface area (Å²) < 4.78 is 23.7. The molecular weight excluding hydrogens is 202 g/mol. The normalized spacial score (nSPS) is 22.4. The van der Waals surface area contributed by atoms with E-state index in [1.807, 2.05) is 0 Å². The first-order chi connectivity index (χ1) is 6.71. The topological polar surface area (TPSA) is 72.0 Å². The summed E-state index contributed by atoms with van der Waals surface area (Å²) in [6.07, 6.45) is 3.53. The fourth-order valence-electron chi connectivity index (χ4n) is 1.47. The van der Waals surface area contributed by atoms with Crippen LogP contribution in [0.4, 0.5) is 0 Å². The minimum atomic E-state index is -3.32. The lowest BCUT2D eigenvalue weighted by molar-refractivity contribution is 0.573. The van der Waals surface area contributed by atoms with Crippen LogP contribution in [0.25, 0.3) is 0 Å². The number of aromatic nitrogens is 2. The number of hydrogen-bond donors (Lipinski definition) is 1. The Morgan fingerprint density at radius 2 is 2.07 bits per heavy atom. The van der Waals surface area contributed by atoms with Gasteiger partial charge in [-0.25, -0.2) is 18.4 Å². The summed E-state index contributed by atoms with van der Waals surface area (Å²) in [7, 11) is -3.32. The van der Waals surface area contributed by atoms with Gasteiger partial charge >= 0.3 is 0 Å². The molecule has 1 atom stereocenters. The van der Waals surface area contributed by atoms with E-state index in [1.54, 1.807) is 6.07 Å². The Balaban J connectivity index is 2.33. The second-order valence-electron chi connectivity index (χ2n) is 3.19. The van der Waals surface area contributed by atoms with Crippen LogP contribution in [-0.4, -0.2) is 36.7 Å². The summed E-state index contributed by atoms with van der Waals surface area (Å²) in [5.74, 6) is 0. The Labute approximate surface area is 82.5 Å². The molecule has 5 nitrogen and oxygen atoms in total. The number of rotatable bonds is 2. The van der Waals surface area contributed by atoms with Crippen LogP contribution in [0, 0.1) is 0 Å². The molecule has 1 saturated heterocycles. The zero-order valence-corrected chi connectivity index (χ0v) is 8.37. The fourth-order valence-corrected chi connectivity index (χ4v) is 2.95. The lowest BCUT2D eigenvalue weighted by Gasteiger charge is -2.07. The molecular formula is C8H11N3O2S. The van der Waals surface area contributed by atoms with Crippen molar-refractivity contribution >= 4 is 9.84 Å². The van der Waals surface area contributed by atoms with Crippen molar-refractivity contribution in [2.45, 2.75) is 16.8 Å². The third-order valence-electron chi connectivity index (χ3n) is 2.25. The van der Waals surface area contributed by atoms with Crippen molar-refractivity contribution in [1.29, 1.82) is 0 Å². The molecule has 1 fully saturated rings. The number of hydrogen-bond acceptors (Lipinski definition) is 5. The maximum Gasteiger partial charge on any atom is 0.247 e. The highest BCUT2D eigenvalue weighted by Gasteiger charge is 2.32. The van der Waals surface area contributed by atoms with Crippen LogP contribution in [-0.2, 0) is 9.84 Å². The summed E-state index contributed by atoms with van der Waals surface area (Å²) in [4.78, 5) is 7.54. The molecule has 1 aromatic rings. The number of sulfone groups is 1. The number of nitrogens with zero attached hydrogens (tertiary/aromatic N) is 2. The summed E-state index contributed by atoms with van der Waals surface area (Å²) in [6.45, 7) is 1.25. The maximum absolute atomic E-state index is 11.9. The molecule has 1 aromatic heterocycles. The Bertz CT molecular complexity index is 398. The van der Waals surface area contributed by atoms with Crippen LogP contribution in [0.2, 0.25) is 0 Å². The Hall–Kier alpha value is -1.01. The fraction of sp³-hybridized carbons (Fsp3) is 0.500. The van der Waals surface area contributed by atoms with Crippen LogP contribution in [0.15, 0.2) is 23.6 Å².